The van der Waals surface area contributed by atoms with Gasteiger partial charge in [0.15, 0.2) is 5.82 Å². The average molecular weight is 202 g/mol. The number of nitrogens with one attached hydrogen (secondary N) is 2. The first-order valence-electron chi connectivity index (χ1n) is 4.22. The third kappa shape index (κ3) is 2.73. The molecule has 5 heteroatoms. The van der Waals surface area contributed by atoms with Crippen molar-refractivity contribution in [1.29, 1.82) is 0 Å². The molecule has 0 atom stereocenters. The number of unbranched alkanes of at least 4 members (excludes halogenated alkanes) is 1. The van der Waals surface area contributed by atoms with Crippen LogP contribution in [0.4, 0.5) is 5.82 Å². The van der Waals surface area contributed by atoms with E-state index in [9.17, 15) is 4.79 Å². The van der Waals surface area contributed by atoms with Gasteiger partial charge in [-0.15, -0.1) is 0 Å². The molecule has 1 rings (SSSR count). The Hall–Kier alpha value is -1.03. The van der Waals surface area contributed by atoms with Crippen LogP contribution in [0.2, 0.25) is 5.02 Å². The number of aromatic nitrogens is 2. The molecule has 0 saturated heterocycles. The van der Waals surface area contributed by atoms with Gasteiger partial charge < -0.3 is 10.3 Å². The molecule has 72 valence electrons. The van der Waals surface area contributed by atoms with E-state index in [0.717, 1.165) is 19.4 Å². The second-order valence-corrected chi connectivity index (χ2v) is 3.05. The van der Waals surface area contributed by atoms with Crippen LogP contribution in [-0.4, -0.2) is 16.5 Å². The Balaban J connectivity index is 2.66. The molecule has 1 aromatic rings. The van der Waals surface area contributed by atoms with Crippen molar-refractivity contribution in [2.24, 2.45) is 0 Å². The highest BCUT2D eigenvalue weighted by atomic mass is 35.5. The highest BCUT2D eigenvalue weighted by Gasteiger charge is 2.03. The van der Waals surface area contributed by atoms with Crippen LogP contribution < -0.4 is 10.9 Å². The van der Waals surface area contributed by atoms with E-state index >= 15 is 0 Å². The van der Waals surface area contributed by atoms with Gasteiger partial charge in [0.1, 0.15) is 5.02 Å². The summed E-state index contributed by atoms with van der Waals surface area (Å²) in [5.41, 5.74) is -0.310. The van der Waals surface area contributed by atoms with Gasteiger partial charge in [-0.05, 0) is 6.42 Å². The smallest absolute Gasteiger partial charge is 0.271 e. The number of H-pyrrole nitrogens is 1. The summed E-state index contributed by atoms with van der Waals surface area (Å²) in [6.07, 6.45) is 3.46. The van der Waals surface area contributed by atoms with E-state index in [-0.39, 0.29) is 10.6 Å². The second-order valence-electron chi connectivity index (χ2n) is 2.67. The standard InChI is InChI=1S/C8H12ClN3O/c1-2-3-4-10-7-6(9)8(13)12-5-11-7/h5H,2-4H2,1H3,(H2,10,11,12,13). The van der Waals surface area contributed by atoms with Crippen LogP contribution in [-0.2, 0) is 0 Å². The van der Waals surface area contributed by atoms with Gasteiger partial charge in [0.25, 0.3) is 5.56 Å². The first kappa shape index (κ1) is 10.1. The molecular formula is C8H12ClN3O. The third-order valence-electron chi connectivity index (χ3n) is 1.62. The van der Waals surface area contributed by atoms with E-state index < -0.39 is 0 Å². The molecule has 1 heterocycles. The molecule has 0 saturated carbocycles. The lowest BCUT2D eigenvalue weighted by molar-refractivity contribution is 0.830. The van der Waals surface area contributed by atoms with Gasteiger partial charge >= 0.3 is 0 Å². The Morgan fingerprint density at radius 1 is 1.69 bits per heavy atom. The number of halogens is 1. The first-order chi connectivity index (χ1) is 6.25. The zero-order valence-corrected chi connectivity index (χ0v) is 8.19. The zero-order valence-electron chi connectivity index (χ0n) is 7.43. The molecule has 0 aliphatic carbocycles. The lowest BCUT2D eigenvalue weighted by Crippen LogP contribution is -2.12. The van der Waals surface area contributed by atoms with Crippen LogP contribution in [0, 0.1) is 0 Å². The minimum Gasteiger partial charge on any atom is -0.369 e. The monoisotopic (exact) mass is 201 g/mol. The lowest BCUT2D eigenvalue weighted by Gasteiger charge is -2.04. The summed E-state index contributed by atoms with van der Waals surface area (Å²) in [6, 6.07) is 0. The highest BCUT2D eigenvalue weighted by Crippen LogP contribution is 2.11. The fourth-order valence-electron chi connectivity index (χ4n) is 0.890. The zero-order chi connectivity index (χ0) is 9.68. The Labute approximate surface area is 81.3 Å². The Morgan fingerprint density at radius 2 is 2.46 bits per heavy atom. The molecule has 0 aliphatic heterocycles. The molecule has 4 nitrogen and oxygen atoms in total. The van der Waals surface area contributed by atoms with Crippen molar-refractivity contribution in [2.45, 2.75) is 19.8 Å². The second kappa shape index (κ2) is 4.87. The predicted molar refractivity (Wildman–Crippen MR) is 53.3 cm³/mol. The Bertz CT molecular complexity index is 323. The van der Waals surface area contributed by atoms with Gasteiger partial charge in [-0.25, -0.2) is 4.98 Å². The predicted octanol–water partition coefficient (Wildman–Crippen LogP) is 1.64. The third-order valence-corrected chi connectivity index (χ3v) is 1.97. The average Bonchev–Trinajstić information content (AvgIpc) is 2.13. The van der Waals surface area contributed by atoms with Gasteiger partial charge in [-0.1, -0.05) is 24.9 Å². The van der Waals surface area contributed by atoms with Crippen molar-refractivity contribution in [3.8, 4) is 0 Å². The fraction of sp³-hybridized carbons (Fsp3) is 0.500. The maximum Gasteiger partial charge on any atom is 0.271 e. The number of anilines is 1. The van der Waals surface area contributed by atoms with Gasteiger partial charge in [0.2, 0.25) is 0 Å². The molecule has 0 aliphatic rings. The van der Waals surface area contributed by atoms with E-state index in [1.54, 1.807) is 0 Å². The van der Waals surface area contributed by atoms with Gasteiger partial charge in [-0.2, -0.15) is 0 Å². The fourth-order valence-corrected chi connectivity index (χ4v) is 1.06. The summed E-state index contributed by atoms with van der Waals surface area (Å²) >= 11 is 5.70. The van der Waals surface area contributed by atoms with Gasteiger partial charge in [-0.3, -0.25) is 4.79 Å². The van der Waals surface area contributed by atoms with Crippen LogP contribution in [0.3, 0.4) is 0 Å². The Kier molecular flexibility index (Phi) is 3.76. The van der Waals surface area contributed by atoms with E-state index in [2.05, 4.69) is 22.2 Å². The minimum absolute atomic E-state index is 0.124. The summed E-state index contributed by atoms with van der Waals surface area (Å²) < 4.78 is 0. The van der Waals surface area contributed by atoms with Crippen LogP contribution >= 0.6 is 11.6 Å². The maximum absolute atomic E-state index is 11.0. The summed E-state index contributed by atoms with van der Waals surface area (Å²) in [5, 5.41) is 3.12. The van der Waals surface area contributed by atoms with Crippen LogP contribution in [0.15, 0.2) is 11.1 Å². The van der Waals surface area contributed by atoms with E-state index in [4.69, 9.17) is 11.6 Å². The van der Waals surface area contributed by atoms with E-state index in [0.29, 0.717) is 5.82 Å². The SMILES string of the molecule is CCCCNc1nc[nH]c(=O)c1Cl. The quantitative estimate of drug-likeness (QED) is 0.729. The Morgan fingerprint density at radius 3 is 3.15 bits per heavy atom. The molecule has 13 heavy (non-hydrogen) atoms. The molecule has 1 aromatic heterocycles. The van der Waals surface area contributed by atoms with Crippen molar-refractivity contribution < 1.29 is 0 Å². The van der Waals surface area contributed by atoms with Crippen LogP contribution in [0.25, 0.3) is 0 Å². The first-order valence-corrected chi connectivity index (χ1v) is 4.60. The van der Waals surface area contributed by atoms with Crippen molar-refractivity contribution in [3.05, 3.63) is 21.7 Å². The number of rotatable bonds is 4. The maximum atomic E-state index is 11.0. The normalized spacial score (nSPS) is 10.0. The summed E-state index contributed by atoms with van der Waals surface area (Å²) in [7, 11) is 0. The molecule has 0 radical (unpaired) electrons. The van der Waals surface area contributed by atoms with E-state index in [1.165, 1.54) is 6.33 Å². The van der Waals surface area contributed by atoms with Crippen LogP contribution in [0.5, 0.6) is 0 Å². The molecule has 0 unspecified atom stereocenters. The molecular weight excluding hydrogens is 190 g/mol. The molecule has 2 N–H and O–H groups in total. The molecule has 0 spiro atoms. The van der Waals surface area contributed by atoms with Gasteiger partial charge in [0.05, 0.1) is 6.33 Å². The topological polar surface area (TPSA) is 57.8 Å². The summed E-state index contributed by atoms with van der Waals surface area (Å²) in [4.78, 5) is 17.3. The number of aromatic amines is 1. The van der Waals surface area contributed by atoms with Crippen molar-refractivity contribution in [2.75, 3.05) is 11.9 Å². The van der Waals surface area contributed by atoms with Crippen molar-refractivity contribution in [3.63, 3.8) is 0 Å². The molecule has 0 bridgehead atoms. The molecule has 0 fully saturated rings. The van der Waals surface area contributed by atoms with Crippen molar-refractivity contribution in [1.82, 2.24) is 9.97 Å². The lowest BCUT2D eigenvalue weighted by atomic mass is 10.3. The number of hydrogen-bond donors (Lipinski definition) is 2. The van der Waals surface area contributed by atoms with Crippen molar-refractivity contribution >= 4 is 17.4 Å². The van der Waals surface area contributed by atoms with Crippen LogP contribution in [0.1, 0.15) is 19.8 Å². The van der Waals surface area contributed by atoms with Gasteiger partial charge in [0, 0.05) is 6.54 Å². The molecule has 0 amide bonds. The number of hydrogen-bond acceptors (Lipinski definition) is 3. The highest BCUT2D eigenvalue weighted by molar-refractivity contribution is 6.32. The summed E-state index contributed by atoms with van der Waals surface area (Å²) in [6.45, 7) is 2.88. The largest absolute Gasteiger partial charge is 0.369 e. The molecule has 0 aromatic carbocycles. The van der Waals surface area contributed by atoms with E-state index in [1.807, 2.05) is 0 Å². The summed E-state index contributed by atoms with van der Waals surface area (Å²) in [5.74, 6) is 0.457. The number of nitrogens with zero attached hydrogens (tertiary/aromatic N) is 1. The minimum atomic E-state index is -0.310.